The van der Waals surface area contributed by atoms with E-state index in [2.05, 4.69) is 27.8 Å². The summed E-state index contributed by atoms with van der Waals surface area (Å²) in [5, 5.41) is 6.90. The number of aromatic amines is 1. The minimum absolute atomic E-state index is 0.0458. The summed E-state index contributed by atoms with van der Waals surface area (Å²) in [5.41, 5.74) is 4.11. The number of carbonyl (C=O) groups excluding carboxylic acids is 1. The lowest BCUT2D eigenvalue weighted by atomic mass is 10.1. The van der Waals surface area contributed by atoms with E-state index >= 15 is 0 Å². The quantitative estimate of drug-likeness (QED) is 0.449. The molecule has 0 bridgehead atoms. The topological polar surface area (TPSA) is 44.9 Å². The standard InChI is InChI=1S/C22H19ClN2OS/c23-18-7-8-21-20(13-18)17(14-25-21)9-10-24-22(26)16-5-3-15(4-6-16)12-19-2-1-11-27-19/h1-8,11,13-14,25H,9-10,12H2,(H,24,26). The zero-order valence-corrected chi connectivity index (χ0v) is 16.2. The summed E-state index contributed by atoms with van der Waals surface area (Å²) in [7, 11) is 0. The normalized spacial score (nSPS) is 11.0. The third kappa shape index (κ3) is 4.24. The number of rotatable bonds is 6. The summed E-state index contributed by atoms with van der Waals surface area (Å²) >= 11 is 7.84. The fourth-order valence-corrected chi connectivity index (χ4v) is 4.07. The Kier molecular flexibility index (Phi) is 5.28. The van der Waals surface area contributed by atoms with Gasteiger partial charge in [-0.25, -0.2) is 0 Å². The SMILES string of the molecule is O=C(NCCc1c[nH]c2ccc(Cl)cc12)c1ccc(Cc2cccs2)cc1. The molecule has 4 aromatic rings. The van der Waals surface area contributed by atoms with Crippen LogP contribution in [0.3, 0.4) is 0 Å². The van der Waals surface area contributed by atoms with Crippen molar-refractivity contribution in [3.63, 3.8) is 0 Å². The fraction of sp³-hybridized carbons (Fsp3) is 0.136. The second kappa shape index (κ2) is 7.99. The number of H-pyrrole nitrogens is 1. The van der Waals surface area contributed by atoms with E-state index in [1.807, 2.05) is 48.7 Å². The molecule has 0 spiro atoms. The van der Waals surface area contributed by atoms with Crippen LogP contribution in [-0.2, 0) is 12.8 Å². The maximum Gasteiger partial charge on any atom is 0.251 e. The third-order valence-electron chi connectivity index (χ3n) is 4.58. The first-order valence-corrected chi connectivity index (χ1v) is 10.1. The molecule has 4 rings (SSSR count). The molecule has 0 atom stereocenters. The molecule has 2 heterocycles. The first-order valence-electron chi connectivity index (χ1n) is 8.84. The summed E-state index contributed by atoms with van der Waals surface area (Å²) in [6, 6.07) is 17.8. The summed E-state index contributed by atoms with van der Waals surface area (Å²) in [6.07, 6.45) is 3.64. The number of halogens is 1. The molecule has 0 saturated carbocycles. The molecule has 3 nitrogen and oxygen atoms in total. The van der Waals surface area contributed by atoms with Gasteiger partial charge in [-0.3, -0.25) is 4.79 Å². The van der Waals surface area contributed by atoms with Gasteiger partial charge in [0.05, 0.1) is 0 Å². The van der Waals surface area contributed by atoms with Crippen molar-refractivity contribution in [2.75, 3.05) is 6.54 Å². The fourth-order valence-electron chi connectivity index (χ4n) is 3.16. The van der Waals surface area contributed by atoms with Crippen LogP contribution in [0.4, 0.5) is 0 Å². The van der Waals surface area contributed by atoms with Crippen LogP contribution in [0, 0.1) is 0 Å². The number of amides is 1. The van der Waals surface area contributed by atoms with Crippen LogP contribution in [0.15, 0.2) is 66.2 Å². The molecule has 0 fully saturated rings. The Balaban J connectivity index is 1.34. The van der Waals surface area contributed by atoms with E-state index in [1.165, 1.54) is 10.4 Å². The number of thiophene rings is 1. The number of aromatic nitrogens is 1. The Morgan fingerprint density at radius 1 is 1.11 bits per heavy atom. The van der Waals surface area contributed by atoms with Crippen molar-refractivity contribution in [2.45, 2.75) is 12.8 Å². The molecule has 0 aliphatic carbocycles. The molecule has 5 heteroatoms. The largest absolute Gasteiger partial charge is 0.361 e. The Morgan fingerprint density at radius 3 is 2.74 bits per heavy atom. The molecule has 0 saturated heterocycles. The maximum atomic E-state index is 12.4. The van der Waals surface area contributed by atoms with E-state index in [1.54, 1.807) is 11.3 Å². The van der Waals surface area contributed by atoms with Gasteiger partial charge in [-0.15, -0.1) is 11.3 Å². The molecule has 0 aliphatic heterocycles. The maximum absolute atomic E-state index is 12.4. The zero-order chi connectivity index (χ0) is 18.6. The van der Waals surface area contributed by atoms with Crippen molar-refractivity contribution in [3.8, 4) is 0 Å². The van der Waals surface area contributed by atoms with Gasteiger partial charge in [-0.2, -0.15) is 0 Å². The van der Waals surface area contributed by atoms with E-state index in [9.17, 15) is 4.79 Å². The predicted octanol–water partition coefficient (Wildman–Crippen LogP) is 5.45. The van der Waals surface area contributed by atoms with Gasteiger partial charge < -0.3 is 10.3 Å². The lowest BCUT2D eigenvalue weighted by Crippen LogP contribution is -2.25. The van der Waals surface area contributed by atoms with Gasteiger partial charge in [0.1, 0.15) is 0 Å². The predicted molar refractivity (Wildman–Crippen MR) is 113 cm³/mol. The van der Waals surface area contributed by atoms with Crippen molar-refractivity contribution < 1.29 is 4.79 Å². The van der Waals surface area contributed by atoms with Gasteiger partial charge in [-0.05, 0) is 59.3 Å². The number of fused-ring (bicyclic) bond motifs is 1. The highest BCUT2D eigenvalue weighted by molar-refractivity contribution is 7.09. The van der Waals surface area contributed by atoms with Gasteiger partial charge in [0, 0.05) is 45.5 Å². The second-order valence-electron chi connectivity index (χ2n) is 6.46. The van der Waals surface area contributed by atoms with Crippen molar-refractivity contribution >= 4 is 39.7 Å². The summed E-state index contributed by atoms with van der Waals surface area (Å²) in [6.45, 7) is 0.579. The Labute approximate surface area is 167 Å². The van der Waals surface area contributed by atoms with E-state index in [0.29, 0.717) is 12.1 Å². The molecule has 2 N–H and O–H groups in total. The molecule has 27 heavy (non-hydrogen) atoms. The molecule has 0 radical (unpaired) electrons. The second-order valence-corrected chi connectivity index (χ2v) is 7.93. The molecule has 0 unspecified atom stereocenters. The van der Waals surface area contributed by atoms with Crippen LogP contribution in [0.1, 0.15) is 26.4 Å². The van der Waals surface area contributed by atoms with Gasteiger partial charge in [-0.1, -0.05) is 29.8 Å². The smallest absolute Gasteiger partial charge is 0.251 e. The van der Waals surface area contributed by atoms with Crippen molar-refractivity contribution in [1.29, 1.82) is 0 Å². The number of hydrogen-bond acceptors (Lipinski definition) is 2. The summed E-state index contributed by atoms with van der Waals surface area (Å²) < 4.78 is 0. The van der Waals surface area contributed by atoms with Gasteiger partial charge in [0.25, 0.3) is 5.91 Å². The lowest BCUT2D eigenvalue weighted by Gasteiger charge is -2.06. The van der Waals surface area contributed by atoms with Crippen LogP contribution in [0.25, 0.3) is 10.9 Å². The third-order valence-corrected chi connectivity index (χ3v) is 5.70. The van der Waals surface area contributed by atoms with Crippen molar-refractivity contribution in [1.82, 2.24) is 10.3 Å². The first-order chi connectivity index (χ1) is 13.2. The minimum Gasteiger partial charge on any atom is -0.361 e. The van der Waals surface area contributed by atoms with Crippen LogP contribution >= 0.6 is 22.9 Å². The van der Waals surface area contributed by atoms with Crippen LogP contribution in [0.5, 0.6) is 0 Å². The van der Waals surface area contributed by atoms with E-state index in [0.717, 1.165) is 34.3 Å². The number of carbonyl (C=O) groups is 1. The zero-order valence-electron chi connectivity index (χ0n) is 14.7. The van der Waals surface area contributed by atoms with Crippen LogP contribution in [-0.4, -0.2) is 17.4 Å². The Bertz CT molecular complexity index is 1050. The highest BCUT2D eigenvalue weighted by atomic mass is 35.5. The highest BCUT2D eigenvalue weighted by Gasteiger charge is 2.08. The number of hydrogen-bond donors (Lipinski definition) is 2. The lowest BCUT2D eigenvalue weighted by molar-refractivity contribution is 0.0954. The molecular formula is C22H19ClN2OS. The van der Waals surface area contributed by atoms with Crippen molar-refractivity contribution in [3.05, 3.63) is 92.8 Å². The number of nitrogens with one attached hydrogen (secondary N) is 2. The molecule has 1 amide bonds. The van der Waals surface area contributed by atoms with Crippen LogP contribution < -0.4 is 5.32 Å². The highest BCUT2D eigenvalue weighted by Crippen LogP contribution is 2.22. The van der Waals surface area contributed by atoms with Gasteiger partial charge in [0.15, 0.2) is 0 Å². The van der Waals surface area contributed by atoms with Gasteiger partial charge >= 0.3 is 0 Å². The molecule has 136 valence electrons. The molecule has 2 aromatic heterocycles. The first kappa shape index (κ1) is 17.8. The summed E-state index contributed by atoms with van der Waals surface area (Å²) in [5.74, 6) is -0.0458. The Hall–Kier alpha value is -2.56. The van der Waals surface area contributed by atoms with E-state index < -0.39 is 0 Å². The van der Waals surface area contributed by atoms with E-state index in [-0.39, 0.29) is 5.91 Å². The minimum atomic E-state index is -0.0458. The van der Waals surface area contributed by atoms with Crippen LogP contribution in [0.2, 0.25) is 5.02 Å². The van der Waals surface area contributed by atoms with Crippen molar-refractivity contribution in [2.24, 2.45) is 0 Å². The Morgan fingerprint density at radius 2 is 1.96 bits per heavy atom. The number of benzene rings is 2. The summed E-state index contributed by atoms with van der Waals surface area (Å²) in [4.78, 5) is 16.9. The molecular weight excluding hydrogens is 376 g/mol. The average molecular weight is 395 g/mol. The molecule has 2 aromatic carbocycles. The molecule has 0 aliphatic rings. The monoisotopic (exact) mass is 394 g/mol. The van der Waals surface area contributed by atoms with Gasteiger partial charge in [0.2, 0.25) is 0 Å². The van der Waals surface area contributed by atoms with E-state index in [4.69, 9.17) is 11.6 Å². The average Bonchev–Trinajstić information content (AvgIpc) is 3.32.